The highest BCUT2D eigenvalue weighted by Crippen LogP contribution is 2.43. The molecule has 0 fully saturated rings. The van der Waals surface area contributed by atoms with Crippen LogP contribution in [0.5, 0.6) is 0 Å². The van der Waals surface area contributed by atoms with E-state index in [9.17, 15) is 9.59 Å². The Morgan fingerprint density at radius 1 is 0.646 bits per heavy atom. The van der Waals surface area contributed by atoms with Crippen molar-refractivity contribution in [1.82, 2.24) is 29.3 Å². The van der Waals surface area contributed by atoms with E-state index in [1.54, 1.807) is 6.92 Å². The Bertz CT molecular complexity index is 2200. The first kappa shape index (κ1) is 30.8. The van der Waals surface area contributed by atoms with Crippen molar-refractivity contribution >= 4 is 11.6 Å². The van der Waals surface area contributed by atoms with E-state index in [-0.39, 0.29) is 18.2 Å². The number of aromatic nitrogens is 6. The maximum atomic E-state index is 13.0. The molecule has 0 atom stereocenters. The van der Waals surface area contributed by atoms with E-state index in [4.69, 9.17) is 16.8 Å². The van der Waals surface area contributed by atoms with Gasteiger partial charge in [0, 0.05) is 18.2 Å². The van der Waals surface area contributed by atoms with Crippen molar-refractivity contribution in [1.29, 1.82) is 0 Å². The van der Waals surface area contributed by atoms with Crippen molar-refractivity contribution in [2.24, 2.45) is 0 Å². The molecule has 5 aromatic carbocycles. The van der Waals surface area contributed by atoms with Gasteiger partial charge in [-0.15, -0.1) is 5.10 Å². The van der Waals surface area contributed by atoms with E-state index in [0.29, 0.717) is 5.82 Å². The number of halogens is 1. The fraction of sp³-hybridized carbons (Fsp3) is 0.103. The molecular weight excluding hydrogens is 620 g/mol. The lowest BCUT2D eigenvalue weighted by Crippen LogP contribution is -2.39. The number of rotatable bonds is 9. The molecule has 0 aliphatic carbocycles. The largest absolute Gasteiger partial charge is 0.332 e. The van der Waals surface area contributed by atoms with Gasteiger partial charge in [0.15, 0.2) is 5.82 Å². The lowest BCUT2D eigenvalue weighted by atomic mass is 9.77. The summed E-state index contributed by atoms with van der Waals surface area (Å²) in [5.41, 5.74) is 4.93. The van der Waals surface area contributed by atoms with Crippen molar-refractivity contribution in [2.75, 3.05) is 0 Å². The molecule has 8 nitrogen and oxygen atoms in total. The quantitative estimate of drug-likeness (QED) is 0.125. The molecule has 0 saturated heterocycles. The summed E-state index contributed by atoms with van der Waals surface area (Å²) in [6.45, 7) is 2.25. The molecule has 2 aromatic heterocycles. The van der Waals surface area contributed by atoms with Crippen LogP contribution in [-0.4, -0.2) is 29.3 Å². The van der Waals surface area contributed by atoms with Crippen LogP contribution in [0.1, 0.15) is 29.2 Å². The maximum absolute atomic E-state index is 13.0. The van der Waals surface area contributed by atoms with Gasteiger partial charge >= 0.3 is 5.69 Å². The Morgan fingerprint density at radius 2 is 1.17 bits per heavy atom. The molecule has 48 heavy (non-hydrogen) atoms. The first-order valence-corrected chi connectivity index (χ1v) is 16.0. The molecule has 9 heteroatoms. The number of tetrazole rings is 1. The van der Waals surface area contributed by atoms with Crippen LogP contribution in [0.4, 0.5) is 0 Å². The van der Waals surface area contributed by atoms with E-state index >= 15 is 0 Å². The van der Waals surface area contributed by atoms with Crippen LogP contribution in [0, 0.1) is 0 Å². The van der Waals surface area contributed by atoms with Crippen LogP contribution in [0.3, 0.4) is 0 Å². The molecule has 0 amide bonds. The van der Waals surface area contributed by atoms with Gasteiger partial charge < -0.3 is 0 Å². The number of hydrogen-bond donors (Lipinski definition) is 0. The van der Waals surface area contributed by atoms with Gasteiger partial charge in [-0.25, -0.2) is 9.48 Å². The van der Waals surface area contributed by atoms with E-state index in [0.717, 1.165) is 38.9 Å². The Balaban J connectivity index is 1.36. The van der Waals surface area contributed by atoms with Gasteiger partial charge in [0.05, 0.1) is 6.54 Å². The SMILES string of the molecule is CCn1c(=O)cc(Cl)n(Cc2ccc(-c3ccccc3-c3nnnn3C(c3ccccc3)(c3ccccc3)c3ccccc3)cc2)c1=O. The predicted octanol–water partition coefficient (Wildman–Crippen LogP) is 6.89. The Morgan fingerprint density at radius 3 is 1.71 bits per heavy atom. The van der Waals surface area contributed by atoms with Crippen LogP contribution in [-0.2, 0) is 18.6 Å². The van der Waals surface area contributed by atoms with Gasteiger partial charge in [-0.3, -0.25) is 13.9 Å². The van der Waals surface area contributed by atoms with Crippen LogP contribution in [0.25, 0.3) is 22.5 Å². The molecule has 0 radical (unpaired) electrons. The second-order valence-corrected chi connectivity index (χ2v) is 11.8. The maximum Gasteiger partial charge on any atom is 0.332 e. The summed E-state index contributed by atoms with van der Waals surface area (Å²) in [5, 5.41) is 13.7. The molecule has 0 N–H and O–H groups in total. The lowest BCUT2D eigenvalue weighted by Gasteiger charge is -2.36. The van der Waals surface area contributed by atoms with E-state index < -0.39 is 16.8 Å². The van der Waals surface area contributed by atoms with Gasteiger partial charge in [0.25, 0.3) is 5.56 Å². The standard InChI is InChI=1S/C39H31ClN6O2/c1-2-44-36(47)26-35(40)45(38(44)48)27-28-22-24-29(25-23-28)33-20-12-13-21-34(33)37-41-42-43-46(37)39(30-14-6-3-7-15-30,31-16-8-4-9-17-31)32-18-10-5-11-19-32/h3-26H,2,27H2,1H3. The van der Waals surface area contributed by atoms with Gasteiger partial charge in [-0.2, -0.15) is 0 Å². The normalized spacial score (nSPS) is 11.5. The highest BCUT2D eigenvalue weighted by Gasteiger charge is 2.42. The molecule has 0 unspecified atom stereocenters. The minimum atomic E-state index is -0.888. The molecule has 0 bridgehead atoms. The number of nitrogens with zero attached hydrogens (tertiary/aromatic N) is 6. The van der Waals surface area contributed by atoms with Crippen LogP contribution >= 0.6 is 11.6 Å². The van der Waals surface area contributed by atoms with E-state index in [1.165, 1.54) is 15.2 Å². The predicted molar refractivity (Wildman–Crippen MR) is 188 cm³/mol. The minimum Gasteiger partial charge on any atom is -0.279 e. The summed E-state index contributed by atoms with van der Waals surface area (Å²) in [4.78, 5) is 25.2. The number of benzene rings is 5. The van der Waals surface area contributed by atoms with Crippen molar-refractivity contribution in [3.63, 3.8) is 0 Å². The minimum absolute atomic E-state index is 0.106. The zero-order valence-electron chi connectivity index (χ0n) is 26.1. The summed E-state index contributed by atoms with van der Waals surface area (Å²) < 4.78 is 4.50. The summed E-state index contributed by atoms with van der Waals surface area (Å²) in [5.74, 6) is 0.603. The molecule has 0 aliphatic heterocycles. The lowest BCUT2D eigenvalue weighted by molar-refractivity contribution is 0.451. The summed E-state index contributed by atoms with van der Waals surface area (Å²) in [6.07, 6.45) is 0. The van der Waals surface area contributed by atoms with Crippen LogP contribution in [0.15, 0.2) is 155 Å². The topological polar surface area (TPSA) is 87.6 Å². The molecule has 7 rings (SSSR count). The van der Waals surface area contributed by atoms with Gasteiger partial charge in [-0.1, -0.05) is 151 Å². The van der Waals surface area contributed by atoms with E-state index in [1.807, 2.05) is 102 Å². The van der Waals surface area contributed by atoms with Gasteiger partial charge in [0.2, 0.25) is 0 Å². The van der Waals surface area contributed by atoms with Crippen LogP contribution in [0.2, 0.25) is 5.15 Å². The second-order valence-electron chi connectivity index (χ2n) is 11.4. The van der Waals surface area contributed by atoms with Crippen molar-refractivity contribution in [3.05, 3.63) is 194 Å². The highest BCUT2D eigenvalue weighted by molar-refractivity contribution is 6.29. The molecule has 2 heterocycles. The third kappa shape index (κ3) is 5.36. The van der Waals surface area contributed by atoms with Crippen molar-refractivity contribution < 1.29 is 0 Å². The number of hydrogen-bond acceptors (Lipinski definition) is 5. The van der Waals surface area contributed by atoms with Gasteiger partial charge in [-0.05, 0) is 50.7 Å². The summed E-state index contributed by atoms with van der Waals surface area (Å²) >= 11 is 6.33. The van der Waals surface area contributed by atoms with Crippen LogP contribution < -0.4 is 11.2 Å². The zero-order valence-corrected chi connectivity index (χ0v) is 26.9. The molecule has 236 valence electrons. The van der Waals surface area contributed by atoms with Crippen molar-refractivity contribution in [2.45, 2.75) is 25.6 Å². The third-order valence-electron chi connectivity index (χ3n) is 8.68. The highest BCUT2D eigenvalue weighted by atomic mass is 35.5. The fourth-order valence-electron chi connectivity index (χ4n) is 6.41. The van der Waals surface area contributed by atoms with Gasteiger partial charge in [0.1, 0.15) is 10.7 Å². The average molecular weight is 651 g/mol. The smallest absolute Gasteiger partial charge is 0.279 e. The van der Waals surface area contributed by atoms with Crippen molar-refractivity contribution in [3.8, 4) is 22.5 Å². The van der Waals surface area contributed by atoms with E-state index in [2.05, 4.69) is 52.8 Å². The summed E-state index contributed by atoms with van der Waals surface area (Å²) in [7, 11) is 0. The first-order valence-electron chi connectivity index (χ1n) is 15.7. The molecule has 0 aliphatic rings. The fourth-order valence-corrected chi connectivity index (χ4v) is 6.64. The Hall–Kier alpha value is -5.86. The monoisotopic (exact) mass is 650 g/mol. The summed E-state index contributed by atoms with van der Waals surface area (Å²) in [6, 6.07) is 48.2. The Labute approximate surface area is 282 Å². The first-order chi connectivity index (χ1) is 23.5. The Kier molecular flexibility index (Phi) is 8.40. The zero-order chi connectivity index (χ0) is 33.1. The average Bonchev–Trinajstić information content (AvgIpc) is 3.62. The molecular formula is C39H31ClN6O2. The molecule has 7 aromatic rings. The molecule has 0 spiro atoms. The molecule has 0 saturated carbocycles. The third-order valence-corrected chi connectivity index (χ3v) is 8.99. The second kappa shape index (κ2) is 13.1.